The minimum Gasteiger partial charge on any atom is -0.467 e. The van der Waals surface area contributed by atoms with Crippen LogP contribution in [0.15, 0.2) is 47.1 Å². The molecule has 2 aromatic rings. The predicted molar refractivity (Wildman–Crippen MR) is 77.0 cm³/mol. The number of nitrogens with one attached hydrogen (secondary N) is 1. The Kier molecular flexibility index (Phi) is 3.01. The van der Waals surface area contributed by atoms with Crippen LogP contribution in [0.5, 0.6) is 0 Å². The van der Waals surface area contributed by atoms with Gasteiger partial charge in [0.05, 0.1) is 17.7 Å². The van der Waals surface area contributed by atoms with Gasteiger partial charge in [-0.1, -0.05) is 12.1 Å². The lowest BCUT2D eigenvalue weighted by molar-refractivity contribution is -0.124. The average molecular weight is 270 g/mol. The number of hydrogen-bond acceptors (Lipinski definition) is 3. The highest BCUT2D eigenvalue weighted by Gasteiger charge is 2.51. The van der Waals surface area contributed by atoms with Gasteiger partial charge in [-0.05, 0) is 49.6 Å². The molecule has 0 saturated heterocycles. The molecule has 20 heavy (non-hydrogen) atoms. The van der Waals surface area contributed by atoms with E-state index in [1.807, 2.05) is 43.3 Å². The van der Waals surface area contributed by atoms with Crippen LogP contribution < -0.4 is 11.1 Å². The molecule has 104 valence electrons. The molecule has 3 rings (SSSR count). The van der Waals surface area contributed by atoms with E-state index in [0.29, 0.717) is 5.69 Å². The number of furan rings is 1. The van der Waals surface area contributed by atoms with E-state index in [2.05, 4.69) is 5.32 Å². The van der Waals surface area contributed by atoms with Crippen LogP contribution in [0.1, 0.15) is 37.1 Å². The quantitative estimate of drug-likeness (QED) is 0.839. The summed E-state index contributed by atoms with van der Waals surface area (Å²) in [5, 5.41) is 3.03. The first-order valence-corrected chi connectivity index (χ1v) is 6.82. The molecule has 1 fully saturated rings. The van der Waals surface area contributed by atoms with E-state index in [4.69, 9.17) is 10.2 Å². The van der Waals surface area contributed by atoms with Gasteiger partial charge < -0.3 is 15.5 Å². The first kappa shape index (κ1) is 12.8. The molecular formula is C16H18N2O2. The van der Waals surface area contributed by atoms with Crippen molar-refractivity contribution in [3.8, 4) is 0 Å². The van der Waals surface area contributed by atoms with E-state index in [1.54, 1.807) is 6.26 Å². The molecular weight excluding hydrogens is 252 g/mol. The van der Waals surface area contributed by atoms with Crippen LogP contribution >= 0.6 is 0 Å². The van der Waals surface area contributed by atoms with E-state index < -0.39 is 0 Å². The number of carbonyl (C=O) groups excluding carboxylic acids is 1. The van der Waals surface area contributed by atoms with Crippen molar-refractivity contribution in [2.45, 2.75) is 31.2 Å². The summed E-state index contributed by atoms with van der Waals surface area (Å²) in [6.07, 6.45) is 3.38. The van der Waals surface area contributed by atoms with E-state index in [9.17, 15) is 4.79 Å². The number of rotatable bonds is 4. The van der Waals surface area contributed by atoms with Crippen molar-refractivity contribution >= 4 is 11.6 Å². The molecule has 0 unspecified atom stereocenters. The molecule has 0 aliphatic heterocycles. The molecule has 4 nitrogen and oxygen atoms in total. The second-order valence-corrected chi connectivity index (χ2v) is 5.41. The maximum atomic E-state index is 12.5. The van der Waals surface area contributed by atoms with Gasteiger partial charge in [-0.15, -0.1) is 0 Å². The van der Waals surface area contributed by atoms with Gasteiger partial charge in [-0.25, -0.2) is 0 Å². The van der Waals surface area contributed by atoms with Gasteiger partial charge in [0.25, 0.3) is 0 Å². The van der Waals surface area contributed by atoms with Crippen molar-refractivity contribution in [2.75, 3.05) is 5.73 Å². The third-order valence-corrected chi connectivity index (χ3v) is 3.97. The molecule has 4 heteroatoms. The summed E-state index contributed by atoms with van der Waals surface area (Å²) in [5.41, 5.74) is 7.07. The van der Waals surface area contributed by atoms with Crippen molar-refractivity contribution in [3.63, 3.8) is 0 Å². The van der Waals surface area contributed by atoms with Crippen molar-refractivity contribution < 1.29 is 9.21 Å². The van der Waals surface area contributed by atoms with Crippen LogP contribution in [-0.2, 0) is 10.2 Å². The third-order valence-electron chi connectivity index (χ3n) is 3.97. The monoisotopic (exact) mass is 270 g/mol. The lowest BCUT2D eigenvalue weighted by Gasteiger charge is -2.19. The van der Waals surface area contributed by atoms with E-state index >= 15 is 0 Å². The Hall–Kier alpha value is -2.23. The van der Waals surface area contributed by atoms with Gasteiger partial charge in [0.1, 0.15) is 5.76 Å². The molecule has 1 saturated carbocycles. The summed E-state index contributed by atoms with van der Waals surface area (Å²) >= 11 is 0. The Bertz CT molecular complexity index is 598. The van der Waals surface area contributed by atoms with Crippen LogP contribution in [0.3, 0.4) is 0 Å². The standard InChI is InChI=1S/C16H18N2O2/c1-11(14-3-2-10-20-14)18-15(19)16(8-9-16)12-4-6-13(17)7-5-12/h2-7,10-11H,8-9,17H2,1H3,(H,18,19)/t11-/m1/s1. The minimum absolute atomic E-state index is 0.0613. The van der Waals surface area contributed by atoms with Gasteiger partial charge in [0.15, 0.2) is 0 Å². The fourth-order valence-corrected chi connectivity index (χ4v) is 2.52. The number of hydrogen-bond donors (Lipinski definition) is 2. The molecule has 1 aliphatic carbocycles. The number of nitrogen functional groups attached to an aromatic ring is 1. The highest BCUT2D eigenvalue weighted by atomic mass is 16.3. The Labute approximate surface area is 118 Å². The normalized spacial score (nSPS) is 17.4. The molecule has 0 spiro atoms. The second kappa shape index (κ2) is 4.71. The molecule has 1 atom stereocenters. The molecule has 1 aromatic heterocycles. The smallest absolute Gasteiger partial charge is 0.231 e. The van der Waals surface area contributed by atoms with Crippen LogP contribution in [0, 0.1) is 0 Å². The van der Waals surface area contributed by atoms with E-state index in [-0.39, 0.29) is 17.4 Å². The molecule has 0 radical (unpaired) electrons. The molecule has 0 bridgehead atoms. The lowest BCUT2D eigenvalue weighted by atomic mass is 9.94. The number of amides is 1. The van der Waals surface area contributed by atoms with Gasteiger partial charge in [0, 0.05) is 5.69 Å². The highest BCUT2D eigenvalue weighted by Crippen LogP contribution is 2.48. The van der Waals surface area contributed by atoms with Gasteiger partial charge in [0.2, 0.25) is 5.91 Å². The summed E-state index contributed by atoms with van der Waals surface area (Å²) in [6.45, 7) is 1.93. The number of carbonyl (C=O) groups is 1. The van der Waals surface area contributed by atoms with Crippen molar-refractivity contribution in [2.24, 2.45) is 0 Å². The van der Waals surface area contributed by atoms with Crippen LogP contribution in [0.25, 0.3) is 0 Å². The summed E-state index contributed by atoms with van der Waals surface area (Å²) in [4.78, 5) is 12.5. The summed E-state index contributed by atoms with van der Waals surface area (Å²) in [7, 11) is 0. The number of anilines is 1. The fourth-order valence-electron chi connectivity index (χ4n) is 2.52. The van der Waals surface area contributed by atoms with Gasteiger partial charge >= 0.3 is 0 Å². The summed E-state index contributed by atoms with van der Waals surface area (Å²) in [6, 6.07) is 11.2. The minimum atomic E-state index is -0.380. The fraction of sp³-hybridized carbons (Fsp3) is 0.312. The molecule has 1 heterocycles. The zero-order valence-electron chi connectivity index (χ0n) is 11.4. The van der Waals surface area contributed by atoms with Crippen molar-refractivity contribution in [3.05, 3.63) is 54.0 Å². The maximum Gasteiger partial charge on any atom is 0.231 e. The molecule has 1 aromatic carbocycles. The Morgan fingerprint density at radius 2 is 2.00 bits per heavy atom. The number of nitrogens with two attached hydrogens (primary N) is 1. The largest absolute Gasteiger partial charge is 0.467 e. The second-order valence-electron chi connectivity index (χ2n) is 5.41. The molecule has 1 aliphatic rings. The maximum absolute atomic E-state index is 12.5. The lowest BCUT2D eigenvalue weighted by Crippen LogP contribution is -2.36. The zero-order chi connectivity index (χ0) is 14.2. The van der Waals surface area contributed by atoms with E-state index in [0.717, 1.165) is 24.2 Å². The molecule has 1 amide bonds. The van der Waals surface area contributed by atoms with Crippen molar-refractivity contribution in [1.82, 2.24) is 5.32 Å². The van der Waals surface area contributed by atoms with E-state index in [1.165, 1.54) is 0 Å². The molecule has 3 N–H and O–H groups in total. The topological polar surface area (TPSA) is 68.3 Å². The summed E-state index contributed by atoms with van der Waals surface area (Å²) in [5.74, 6) is 0.831. The van der Waals surface area contributed by atoms with Gasteiger partial charge in [-0.3, -0.25) is 4.79 Å². The van der Waals surface area contributed by atoms with Crippen LogP contribution in [0.4, 0.5) is 5.69 Å². The SMILES string of the molecule is C[C@@H](NC(=O)C1(c2ccc(N)cc2)CC1)c1ccco1. The van der Waals surface area contributed by atoms with Crippen molar-refractivity contribution in [1.29, 1.82) is 0 Å². The Morgan fingerprint density at radius 3 is 2.55 bits per heavy atom. The van der Waals surface area contributed by atoms with Gasteiger partial charge in [-0.2, -0.15) is 0 Å². The van der Waals surface area contributed by atoms with Crippen LogP contribution in [-0.4, -0.2) is 5.91 Å². The zero-order valence-corrected chi connectivity index (χ0v) is 11.4. The van der Waals surface area contributed by atoms with Crippen LogP contribution in [0.2, 0.25) is 0 Å². The first-order valence-electron chi connectivity index (χ1n) is 6.82. The summed E-state index contributed by atoms with van der Waals surface area (Å²) < 4.78 is 5.32. The first-order chi connectivity index (χ1) is 9.62. The Balaban J connectivity index is 1.75. The Morgan fingerprint density at radius 1 is 1.30 bits per heavy atom. The number of benzene rings is 1. The third kappa shape index (κ3) is 2.18. The highest BCUT2D eigenvalue weighted by molar-refractivity contribution is 5.91. The average Bonchev–Trinajstić information content (AvgIpc) is 3.06. The predicted octanol–water partition coefficient (Wildman–Crippen LogP) is 2.77.